The molecule has 0 atom stereocenters. The molecule has 1 heterocycles. The Bertz CT molecular complexity index is 738. The van der Waals surface area contributed by atoms with Crippen molar-refractivity contribution in [3.05, 3.63) is 58.1 Å². The van der Waals surface area contributed by atoms with Gasteiger partial charge in [0.1, 0.15) is 23.1 Å². The van der Waals surface area contributed by atoms with E-state index in [-0.39, 0.29) is 0 Å². The van der Waals surface area contributed by atoms with Gasteiger partial charge in [-0.25, -0.2) is 10.1 Å². The summed E-state index contributed by atoms with van der Waals surface area (Å²) in [5, 5.41) is 5.70. The minimum Gasteiger partial charge on any atom is -0.495 e. The number of hydrogen-bond donors (Lipinski definition) is 1. The number of benzene rings is 2. The Labute approximate surface area is 150 Å². The first-order valence-corrected chi connectivity index (χ1v) is 8.23. The van der Waals surface area contributed by atoms with Gasteiger partial charge in [-0.15, -0.1) is 0 Å². The second kappa shape index (κ2) is 7.75. The number of nitrogens with zero attached hydrogens (tertiary/aromatic N) is 2. The summed E-state index contributed by atoms with van der Waals surface area (Å²) in [5.74, 6) is 1.10. The van der Waals surface area contributed by atoms with Crippen LogP contribution in [-0.4, -0.2) is 31.2 Å². The highest BCUT2D eigenvalue weighted by Gasteiger charge is 2.21. The van der Waals surface area contributed by atoms with Crippen molar-refractivity contribution in [2.24, 2.45) is 4.99 Å². The molecule has 0 spiro atoms. The van der Waals surface area contributed by atoms with Crippen molar-refractivity contribution >= 4 is 34.8 Å². The molecule has 5 nitrogen and oxygen atoms in total. The second-order valence-corrected chi connectivity index (χ2v) is 5.92. The fraction of sp³-hybridized carbons (Fsp3) is 0.235. The average molecular weight is 366 g/mol. The van der Waals surface area contributed by atoms with Crippen molar-refractivity contribution in [2.75, 3.05) is 20.2 Å². The number of aliphatic imine (C=N–C) groups is 1. The summed E-state index contributed by atoms with van der Waals surface area (Å²) in [6.45, 7) is 1.87. The molecule has 1 aliphatic heterocycles. The summed E-state index contributed by atoms with van der Waals surface area (Å²) in [7, 11) is 1.55. The lowest BCUT2D eigenvalue weighted by Crippen LogP contribution is -2.30. The molecule has 1 saturated heterocycles. The highest BCUT2D eigenvalue weighted by atomic mass is 35.5. The van der Waals surface area contributed by atoms with Crippen molar-refractivity contribution < 1.29 is 9.57 Å². The first kappa shape index (κ1) is 16.9. The SMILES string of the molecule is COc1ccc(Cl)c(/N=C2\NCCN2OCc2ccccc2)c1Cl. The lowest BCUT2D eigenvalue weighted by molar-refractivity contribution is -0.102. The van der Waals surface area contributed by atoms with E-state index in [1.165, 1.54) is 0 Å². The molecule has 2 aromatic rings. The maximum atomic E-state index is 6.31. The van der Waals surface area contributed by atoms with Gasteiger partial charge < -0.3 is 10.1 Å². The van der Waals surface area contributed by atoms with E-state index in [0.29, 0.717) is 40.6 Å². The van der Waals surface area contributed by atoms with Gasteiger partial charge in [-0.1, -0.05) is 53.5 Å². The third kappa shape index (κ3) is 3.75. The zero-order valence-corrected chi connectivity index (χ0v) is 14.6. The van der Waals surface area contributed by atoms with Crippen LogP contribution in [0.25, 0.3) is 0 Å². The highest BCUT2D eigenvalue weighted by molar-refractivity contribution is 6.39. The Morgan fingerprint density at radius 1 is 1.17 bits per heavy atom. The van der Waals surface area contributed by atoms with Crippen LogP contribution in [0.1, 0.15) is 5.56 Å². The van der Waals surface area contributed by atoms with E-state index in [4.69, 9.17) is 32.8 Å². The molecule has 0 aromatic heterocycles. The maximum absolute atomic E-state index is 6.31. The molecule has 0 saturated carbocycles. The largest absolute Gasteiger partial charge is 0.495 e. The topological polar surface area (TPSA) is 46.1 Å². The number of halogens is 2. The summed E-state index contributed by atoms with van der Waals surface area (Å²) in [4.78, 5) is 10.4. The lowest BCUT2D eigenvalue weighted by Gasteiger charge is -2.17. The molecule has 7 heteroatoms. The lowest BCUT2D eigenvalue weighted by atomic mass is 10.2. The second-order valence-electron chi connectivity index (χ2n) is 5.14. The van der Waals surface area contributed by atoms with Gasteiger partial charge in [-0.05, 0) is 17.7 Å². The minimum absolute atomic E-state index is 0.370. The van der Waals surface area contributed by atoms with E-state index in [1.54, 1.807) is 24.3 Å². The van der Waals surface area contributed by atoms with Gasteiger partial charge in [0.05, 0.1) is 18.7 Å². The zero-order valence-electron chi connectivity index (χ0n) is 13.1. The van der Waals surface area contributed by atoms with Gasteiger partial charge in [0, 0.05) is 6.54 Å². The van der Waals surface area contributed by atoms with Crippen LogP contribution in [0.5, 0.6) is 5.75 Å². The molecule has 0 bridgehead atoms. The summed E-state index contributed by atoms with van der Waals surface area (Å²) < 4.78 is 5.21. The number of guanidine groups is 1. The number of ether oxygens (including phenoxy) is 1. The maximum Gasteiger partial charge on any atom is 0.223 e. The van der Waals surface area contributed by atoms with Gasteiger partial charge in [-0.3, -0.25) is 4.84 Å². The van der Waals surface area contributed by atoms with Crippen LogP contribution in [0.15, 0.2) is 47.5 Å². The van der Waals surface area contributed by atoms with Crippen LogP contribution in [0.3, 0.4) is 0 Å². The predicted octanol–water partition coefficient (Wildman–Crippen LogP) is 4.03. The molecule has 24 heavy (non-hydrogen) atoms. The van der Waals surface area contributed by atoms with E-state index in [2.05, 4.69) is 10.3 Å². The highest BCUT2D eigenvalue weighted by Crippen LogP contribution is 2.39. The molecule has 0 radical (unpaired) electrons. The van der Waals surface area contributed by atoms with Crippen molar-refractivity contribution in [3.8, 4) is 5.75 Å². The van der Waals surface area contributed by atoms with Gasteiger partial charge >= 0.3 is 0 Å². The summed E-state index contributed by atoms with van der Waals surface area (Å²) in [6.07, 6.45) is 0. The minimum atomic E-state index is 0.370. The van der Waals surface area contributed by atoms with Crippen LogP contribution < -0.4 is 10.1 Å². The Kier molecular flexibility index (Phi) is 5.45. The summed E-state index contributed by atoms with van der Waals surface area (Å²) in [5.41, 5.74) is 1.54. The fourth-order valence-electron chi connectivity index (χ4n) is 2.30. The fourth-order valence-corrected chi connectivity index (χ4v) is 2.83. The van der Waals surface area contributed by atoms with E-state index in [9.17, 15) is 0 Å². The monoisotopic (exact) mass is 365 g/mol. The van der Waals surface area contributed by atoms with E-state index >= 15 is 0 Å². The van der Waals surface area contributed by atoms with Gasteiger partial charge in [-0.2, -0.15) is 0 Å². The first-order valence-electron chi connectivity index (χ1n) is 7.48. The van der Waals surface area contributed by atoms with Crippen LogP contribution >= 0.6 is 23.2 Å². The zero-order chi connectivity index (χ0) is 16.9. The standard InChI is InChI=1S/C17H17Cl2N3O2/c1-23-14-8-7-13(18)16(15(14)19)21-17-20-9-10-22(17)24-11-12-5-3-2-4-6-12/h2-8H,9-11H2,1H3,(H,20,21). The van der Waals surface area contributed by atoms with Crippen LogP contribution in [-0.2, 0) is 11.4 Å². The van der Waals surface area contributed by atoms with Gasteiger partial charge in [0.25, 0.3) is 0 Å². The molecular formula is C17H17Cl2N3O2. The van der Waals surface area contributed by atoms with Crippen LogP contribution in [0.4, 0.5) is 5.69 Å². The van der Waals surface area contributed by atoms with E-state index in [1.807, 2.05) is 30.3 Å². The molecule has 1 aliphatic rings. The van der Waals surface area contributed by atoms with Crippen molar-refractivity contribution in [2.45, 2.75) is 6.61 Å². The Morgan fingerprint density at radius 2 is 1.96 bits per heavy atom. The number of rotatable bonds is 5. The number of methoxy groups -OCH3 is 1. The normalized spacial score (nSPS) is 15.6. The van der Waals surface area contributed by atoms with E-state index < -0.39 is 0 Å². The quantitative estimate of drug-likeness (QED) is 0.868. The first-order chi connectivity index (χ1) is 11.7. The van der Waals surface area contributed by atoms with Gasteiger partial charge in [0.15, 0.2) is 0 Å². The number of nitrogens with one attached hydrogen (secondary N) is 1. The van der Waals surface area contributed by atoms with Crippen molar-refractivity contribution in [1.82, 2.24) is 10.4 Å². The average Bonchev–Trinajstić information content (AvgIpc) is 3.05. The molecule has 126 valence electrons. The summed E-state index contributed by atoms with van der Waals surface area (Å²) >= 11 is 12.5. The molecule has 0 amide bonds. The van der Waals surface area contributed by atoms with Crippen LogP contribution in [0.2, 0.25) is 10.0 Å². The molecular weight excluding hydrogens is 349 g/mol. The number of hydrogen-bond acceptors (Lipinski definition) is 3. The third-order valence-corrected chi connectivity index (χ3v) is 4.20. The smallest absolute Gasteiger partial charge is 0.223 e. The Hall–Kier alpha value is -1.95. The molecule has 1 fully saturated rings. The molecule has 2 aromatic carbocycles. The third-order valence-electron chi connectivity index (χ3n) is 3.53. The van der Waals surface area contributed by atoms with Crippen molar-refractivity contribution in [3.63, 3.8) is 0 Å². The van der Waals surface area contributed by atoms with Gasteiger partial charge in [0.2, 0.25) is 5.96 Å². The van der Waals surface area contributed by atoms with Crippen LogP contribution in [0, 0.1) is 0 Å². The van der Waals surface area contributed by atoms with Crippen molar-refractivity contribution in [1.29, 1.82) is 0 Å². The summed E-state index contributed by atoms with van der Waals surface area (Å²) in [6, 6.07) is 13.4. The Balaban J connectivity index is 1.79. The van der Waals surface area contributed by atoms with E-state index in [0.717, 1.165) is 12.1 Å². The predicted molar refractivity (Wildman–Crippen MR) is 96.0 cm³/mol. The Morgan fingerprint density at radius 3 is 2.71 bits per heavy atom. The molecule has 3 rings (SSSR count). The number of hydroxylamine groups is 2. The molecule has 0 aliphatic carbocycles. The molecule has 0 unspecified atom stereocenters. The molecule has 1 N–H and O–H groups in total.